The molecule has 0 spiro atoms. The van der Waals surface area contributed by atoms with E-state index >= 15 is 0 Å². The van der Waals surface area contributed by atoms with Gasteiger partial charge in [0.15, 0.2) is 0 Å². The molecule has 0 saturated heterocycles. The molecular weight excluding hydrogens is 242 g/mol. The Morgan fingerprint density at radius 1 is 1.26 bits per heavy atom. The Hall–Kier alpha value is -2.27. The van der Waals surface area contributed by atoms with Crippen LogP contribution in [0.5, 0.6) is 0 Å². The minimum absolute atomic E-state index is 0.236. The topological polar surface area (TPSA) is 64.1 Å². The number of amides is 1. The van der Waals surface area contributed by atoms with Crippen molar-refractivity contribution < 1.29 is 9.53 Å². The van der Waals surface area contributed by atoms with E-state index in [1.165, 1.54) is 18.6 Å². The number of methoxy groups -OCH3 is 1. The average molecular weight is 257 g/mol. The van der Waals surface area contributed by atoms with Gasteiger partial charge in [0, 0.05) is 26.0 Å². The molecule has 1 aromatic carbocycles. The third kappa shape index (κ3) is 3.59. The van der Waals surface area contributed by atoms with E-state index in [0.29, 0.717) is 18.8 Å². The molecule has 0 atom stereocenters. The van der Waals surface area contributed by atoms with E-state index in [9.17, 15) is 4.79 Å². The first-order valence-corrected chi connectivity index (χ1v) is 5.91. The SMILES string of the molecule is COCc1ccccc1CNC(=O)c1cnccn1. The van der Waals surface area contributed by atoms with Gasteiger partial charge in [0.2, 0.25) is 0 Å². The van der Waals surface area contributed by atoms with Crippen LogP contribution in [0.3, 0.4) is 0 Å². The molecule has 0 saturated carbocycles. The Bertz CT molecular complexity index is 543. The molecule has 1 N–H and O–H groups in total. The summed E-state index contributed by atoms with van der Waals surface area (Å²) in [6, 6.07) is 7.82. The third-order valence-electron chi connectivity index (χ3n) is 2.65. The first-order valence-electron chi connectivity index (χ1n) is 5.91. The van der Waals surface area contributed by atoms with E-state index in [2.05, 4.69) is 15.3 Å². The number of aromatic nitrogens is 2. The van der Waals surface area contributed by atoms with E-state index in [4.69, 9.17) is 4.74 Å². The average Bonchev–Trinajstić information content (AvgIpc) is 2.47. The summed E-state index contributed by atoms with van der Waals surface area (Å²) in [5.74, 6) is -0.236. The minimum Gasteiger partial charge on any atom is -0.380 e. The van der Waals surface area contributed by atoms with Crippen LogP contribution in [0.1, 0.15) is 21.6 Å². The summed E-state index contributed by atoms with van der Waals surface area (Å²) in [7, 11) is 1.65. The lowest BCUT2D eigenvalue weighted by Gasteiger charge is -2.09. The van der Waals surface area contributed by atoms with Crippen LogP contribution in [-0.4, -0.2) is 23.0 Å². The van der Waals surface area contributed by atoms with Crippen molar-refractivity contribution in [2.24, 2.45) is 0 Å². The molecule has 2 aromatic rings. The van der Waals surface area contributed by atoms with Crippen molar-refractivity contribution in [1.29, 1.82) is 0 Å². The van der Waals surface area contributed by atoms with Crippen LogP contribution in [0, 0.1) is 0 Å². The third-order valence-corrected chi connectivity index (χ3v) is 2.65. The number of hydrogen-bond acceptors (Lipinski definition) is 4. The van der Waals surface area contributed by atoms with Crippen LogP contribution >= 0.6 is 0 Å². The highest BCUT2D eigenvalue weighted by Crippen LogP contribution is 2.09. The second kappa shape index (κ2) is 6.61. The summed E-state index contributed by atoms with van der Waals surface area (Å²) in [6.45, 7) is 0.964. The van der Waals surface area contributed by atoms with Crippen LogP contribution < -0.4 is 5.32 Å². The molecule has 0 aliphatic carbocycles. The molecule has 5 nitrogen and oxygen atoms in total. The Morgan fingerprint density at radius 3 is 2.74 bits per heavy atom. The van der Waals surface area contributed by atoms with Crippen molar-refractivity contribution in [3.8, 4) is 0 Å². The van der Waals surface area contributed by atoms with Crippen LogP contribution in [0.15, 0.2) is 42.9 Å². The van der Waals surface area contributed by atoms with Gasteiger partial charge < -0.3 is 10.1 Å². The summed E-state index contributed by atoms with van der Waals surface area (Å²) < 4.78 is 5.12. The highest BCUT2D eigenvalue weighted by atomic mass is 16.5. The van der Waals surface area contributed by atoms with Gasteiger partial charge in [-0.25, -0.2) is 4.98 Å². The summed E-state index contributed by atoms with van der Waals surface area (Å²) in [5, 5.41) is 2.82. The number of nitrogens with zero attached hydrogens (tertiary/aromatic N) is 2. The fourth-order valence-electron chi connectivity index (χ4n) is 1.71. The van der Waals surface area contributed by atoms with Gasteiger partial charge in [-0.05, 0) is 11.1 Å². The molecule has 0 aliphatic heterocycles. The summed E-state index contributed by atoms with van der Waals surface area (Å²) in [4.78, 5) is 19.7. The highest BCUT2D eigenvalue weighted by molar-refractivity contribution is 5.91. The molecule has 5 heteroatoms. The zero-order valence-corrected chi connectivity index (χ0v) is 10.7. The predicted molar refractivity (Wildman–Crippen MR) is 70.4 cm³/mol. The lowest BCUT2D eigenvalue weighted by Crippen LogP contribution is -2.24. The Labute approximate surface area is 111 Å². The predicted octanol–water partition coefficient (Wildman–Crippen LogP) is 1.55. The molecule has 1 heterocycles. The number of benzene rings is 1. The van der Waals surface area contributed by atoms with Gasteiger partial charge in [-0.3, -0.25) is 9.78 Å². The van der Waals surface area contributed by atoms with Crippen molar-refractivity contribution >= 4 is 5.91 Å². The fourth-order valence-corrected chi connectivity index (χ4v) is 1.71. The number of rotatable bonds is 5. The van der Waals surface area contributed by atoms with Gasteiger partial charge in [0.1, 0.15) is 5.69 Å². The smallest absolute Gasteiger partial charge is 0.271 e. The van der Waals surface area contributed by atoms with E-state index in [0.717, 1.165) is 11.1 Å². The summed E-state index contributed by atoms with van der Waals surface area (Å²) >= 11 is 0. The zero-order valence-electron chi connectivity index (χ0n) is 10.7. The van der Waals surface area contributed by atoms with E-state index in [-0.39, 0.29) is 5.91 Å². The van der Waals surface area contributed by atoms with E-state index < -0.39 is 0 Å². The van der Waals surface area contributed by atoms with Crippen LogP contribution in [0.2, 0.25) is 0 Å². The molecule has 98 valence electrons. The maximum Gasteiger partial charge on any atom is 0.271 e. The molecule has 2 rings (SSSR count). The second-order valence-corrected chi connectivity index (χ2v) is 3.98. The number of ether oxygens (including phenoxy) is 1. The van der Waals surface area contributed by atoms with Gasteiger partial charge >= 0.3 is 0 Å². The maximum atomic E-state index is 11.8. The molecule has 0 fully saturated rings. The molecule has 0 unspecified atom stereocenters. The molecule has 1 amide bonds. The van der Waals surface area contributed by atoms with Crippen LogP contribution in [-0.2, 0) is 17.9 Å². The molecule has 1 aromatic heterocycles. The monoisotopic (exact) mass is 257 g/mol. The van der Waals surface area contributed by atoms with Gasteiger partial charge in [0.05, 0.1) is 12.8 Å². The second-order valence-electron chi connectivity index (χ2n) is 3.98. The van der Waals surface area contributed by atoms with Gasteiger partial charge in [-0.1, -0.05) is 24.3 Å². The lowest BCUT2D eigenvalue weighted by atomic mass is 10.1. The Balaban J connectivity index is 2.01. The fraction of sp³-hybridized carbons (Fsp3) is 0.214. The largest absolute Gasteiger partial charge is 0.380 e. The molecule has 0 radical (unpaired) electrons. The quantitative estimate of drug-likeness (QED) is 0.882. The van der Waals surface area contributed by atoms with Crippen LogP contribution in [0.25, 0.3) is 0 Å². The standard InChI is InChI=1S/C14H15N3O2/c1-19-10-12-5-3-2-4-11(12)8-17-14(18)13-9-15-6-7-16-13/h2-7,9H,8,10H2,1H3,(H,17,18). The normalized spacial score (nSPS) is 10.2. The molecular formula is C14H15N3O2. The maximum absolute atomic E-state index is 11.8. The minimum atomic E-state index is -0.236. The van der Waals surface area contributed by atoms with Crippen molar-refractivity contribution in [3.63, 3.8) is 0 Å². The molecule has 0 bridgehead atoms. The first-order chi connectivity index (χ1) is 9.31. The van der Waals surface area contributed by atoms with Gasteiger partial charge in [-0.15, -0.1) is 0 Å². The Morgan fingerprint density at radius 2 is 2.05 bits per heavy atom. The first kappa shape index (κ1) is 13.2. The summed E-state index contributed by atoms with van der Waals surface area (Å²) in [5.41, 5.74) is 2.40. The number of nitrogens with one attached hydrogen (secondary N) is 1. The number of carbonyl (C=O) groups is 1. The van der Waals surface area contributed by atoms with E-state index in [1.54, 1.807) is 7.11 Å². The van der Waals surface area contributed by atoms with Crippen LogP contribution in [0.4, 0.5) is 0 Å². The van der Waals surface area contributed by atoms with Crippen molar-refractivity contribution in [2.45, 2.75) is 13.2 Å². The van der Waals surface area contributed by atoms with Crippen molar-refractivity contribution in [1.82, 2.24) is 15.3 Å². The Kier molecular flexibility index (Phi) is 4.58. The van der Waals surface area contributed by atoms with E-state index in [1.807, 2.05) is 24.3 Å². The van der Waals surface area contributed by atoms with Gasteiger partial charge in [0.25, 0.3) is 5.91 Å². The molecule has 19 heavy (non-hydrogen) atoms. The van der Waals surface area contributed by atoms with Gasteiger partial charge in [-0.2, -0.15) is 0 Å². The number of hydrogen-bond donors (Lipinski definition) is 1. The summed E-state index contributed by atoms with van der Waals surface area (Å²) in [6.07, 6.45) is 4.47. The lowest BCUT2D eigenvalue weighted by molar-refractivity contribution is 0.0945. The van der Waals surface area contributed by atoms with Crippen molar-refractivity contribution in [3.05, 3.63) is 59.7 Å². The van der Waals surface area contributed by atoms with Crippen molar-refractivity contribution in [2.75, 3.05) is 7.11 Å². The molecule has 0 aliphatic rings. The number of carbonyl (C=O) groups excluding carboxylic acids is 1. The highest BCUT2D eigenvalue weighted by Gasteiger charge is 2.07. The zero-order chi connectivity index (χ0) is 13.5.